The minimum atomic E-state index is -3.03. The number of nitrogens with one attached hydrogen (secondary N) is 1. The first-order valence-corrected chi connectivity index (χ1v) is 8.08. The van der Waals surface area contributed by atoms with Gasteiger partial charge in [0.25, 0.3) is 5.91 Å². The summed E-state index contributed by atoms with van der Waals surface area (Å²) >= 11 is 5.98. The van der Waals surface area contributed by atoms with Crippen molar-refractivity contribution in [2.24, 2.45) is 0 Å². The van der Waals surface area contributed by atoms with Crippen LogP contribution < -0.4 is 14.8 Å². The van der Waals surface area contributed by atoms with E-state index >= 15 is 0 Å². The maximum atomic E-state index is 12.3. The average Bonchev–Trinajstić information content (AvgIpc) is 2.65. The Morgan fingerprint density at radius 2 is 1.89 bits per heavy atom. The van der Waals surface area contributed by atoms with Crippen molar-refractivity contribution in [3.8, 4) is 11.5 Å². The van der Waals surface area contributed by atoms with Crippen LogP contribution in [0.3, 0.4) is 0 Å². The second kappa shape index (κ2) is 9.72. The number of carbonyl (C=O) groups is 2. The molecule has 2 rings (SSSR count). The predicted molar refractivity (Wildman–Crippen MR) is 93.2 cm³/mol. The van der Waals surface area contributed by atoms with E-state index in [0.29, 0.717) is 5.02 Å². The number of hydrogen-bond donors (Lipinski definition) is 1. The molecule has 1 N–H and O–H groups in total. The molecule has 0 aliphatic heterocycles. The molecule has 144 valence electrons. The van der Waals surface area contributed by atoms with Crippen LogP contribution in [0.5, 0.6) is 11.5 Å². The number of methoxy groups -OCH3 is 1. The average molecular weight is 400 g/mol. The molecule has 0 aliphatic carbocycles. The molecule has 0 saturated carbocycles. The predicted octanol–water partition coefficient (Wildman–Crippen LogP) is 3.42. The van der Waals surface area contributed by atoms with Gasteiger partial charge < -0.3 is 19.5 Å². The second-order valence-corrected chi connectivity index (χ2v) is 5.60. The fourth-order valence-corrected chi connectivity index (χ4v) is 2.29. The molecule has 2 aromatic rings. The summed E-state index contributed by atoms with van der Waals surface area (Å²) in [4.78, 5) is 23.8. The van der Waals surface area contributed by atoms with Crippen molar-refractivity contribution < 1.29 is 32.6 Å². The van der Waals surface area contributed by atoms with Crippen LogP contribution in [0.1, 0.15) is 15.9 Å². The van der Waals surface area contributed by atoms with Crippen LogP contribution in [0.15, 0.2) is 42.5 Å². The lowest BCUT2D eigenvalue weighted by Crippen LogP contribution is -2.28. The van der Waals surface area contributed by atoms with E-state index in [4.69, 9.17) is 21.1 Å². The van der Waals surface area contributed by atoms with Crippen molar-refractivity contribution >= 4 is 23.5 Å². The van der Waals surface area contributed by atoms with Gasteiger partial charge in [-0.1, -0.05) is 29.8 Å². The number of amides is 1. The summed E-state index contributed by atoms with van der Waals surface area (Å²) in [5.74, 6) is -1.62. The van der Waals surface area contributed by atoms with Gasteiger partial charge in [0.15, 0.2) is 18.1 Å². The Hall–Kier alpha value is -2.87. The molecule has 9 heteroatoms. The van der Waals surface area contributed by atoms with E-state index in [1.165, 1.54) is 19.2 Å². The summed E-state index contributed by atoms with van der Waals surface area (Å²) in [6.07, 6.45) is 0. The zero-order valence-corrected chi connectivity index (χ0v) is 15.0. The van der Waals surface area contributed by atoms with E-state index in [9.17, 15) is 18.4 Å². The van der Waals surface area contributed by atoms with Crippen molar-refractivity contribution in [2.75, 3.05) is 13.7 Å². The molecule has 0 saturated heterocycles. The van der Waals surface area contributed by atoms with E-state index in [-0.39, 0.29) is 23.6 Å². The number of halogens is 3. The maximum Gasteiger partial charge on any atom is 0.387 e. The molecule has 0 bridgehead atoms. The summed E-state index contributed by atoms with van der Waals surface area (Å²) in [5, 5.41) is 3.08. The van der Waals surface area contributed by atoms with Crippen molar-refractivity contribution in [3.05, 3.63) is 58.6 Å². The molecule has 0 spiro atoms. The van der Waals surface area contributed by atoms with Gasteiger partial charge in [-0.2, -0.15) is 8.78 Å². The van der Waals surface area contributed by atoms with E-state index in [2.05, 4.69) is 10.1 Å². The van der Waals surface area contributed by atoms with Crippen LogP contribution in [-0.4, -0.2) is 32.2 Å². The number of alkyl halides is 2. The van der Waals surface area contributed by atoms with Gasteiger partial charge in [-0.3, -0.25) is 4.79 Å². The number of rotatable bonds is 8. The van der Waals surface area contributed by atoms with E-state index < -0.39 is 25.1 Å². The van der Waals surface area contributed by atoms with Crippen molar-refractivity contribution in [3.63, 3.8) is 0 Å². The highest BCUT2D eigenvalue weighted by Crippen LogP contribution is 2.29. The van der Waals surface area contributed by atoms with Crippen LogP contribution in [0, 0.1) is 0 Å². The molecule has 0 aromatic heterocycles. The molecule has 1 amide bonds. The van der Waals surface area contributed by atoms with Crippen LogP contribution in [-0.2, 0) is 16.1 Å². The molecular formula is C18H16ClF2NO5. The Morgan fingerprint density at radius 3 is 2.56 bits per heavy atom. The minimum Gasteiger partial charge on any atom is -0.493 e. The van der Waals surface area contributed by atoms with Gasteiger partial charge in [-0.25, -0.2) is 4.79 Å². The summed E-state index contributed by atoms with van der Waals surface area (Å²) < 4.78 is 38.7. The Morgan fingerprint density at radius 1 is 1.15 bits per heavy atom. The van der Waals surface area contributed by atoms with Crippen molar-refractivity contribution in [1.29, 1.82) is 0 Å². The third kappa shape index (κ3) is 6.10. The lowest BCUT2D eigenvalue weighted by Gasteiger charge is -2.11. The summed E-state index contributed by atoms with van der Waals surface area (Å²) in [6.45, 7) is -3.36. The van der Waals surface area contributed by atoms with Gasteiger partial charge in [0, 0.05) is 11.6 Å². The minimum absolute atomic E-state index is 0.0207. The fourth-order valence-electron chi connectivity index (χ4n) is 2.09. The van der Waals surface area contributed by atoms with Gasteiger partial charge in [0.2, 0.25) is 0 Å². The van der Waals surface area contributed by atoms with Crippen LogP contribution in [0.4, 0.5) is 8.78 Å². The smallest absolute Gasteiger partial charge is 0.387 e. The highest BCUT2D eigenvalue weighted by atomic mass is 35.5. The van der Waals surface area contributed by atoms with Gasteiger partial charge in [0.1, 0.15) is 0 Å². The first-order chi connectivity index (χ1) is 12.9. The lowest BCUT2D eigenvalue weighted by atomic mass is 10.2. The zero-order chi connectivity index (χ0) is 19.8. The molecule has 0 unspecified atom stereocenters. The third-order valence-corrected chi connectivity index (χ3v) is 3.75. The molecule has 0 heterocycles. The number of hydrogen-bond acceptors (Lipinski definition) is 5. The summed E-state index contributed by atoms with van der Waals surface area (Å²) in [6, 6.07) is 10.6. The Labute approximate surface area is 159 Å². The molecule has 27 heavy (non-hydrogen) atoms. The number of carbonyl (C=O) groups excluding carboxylic acids is 2. The summed E-state index contributed by atoms with van der Waals surface area (Å²) in [5.41, 5.74) is 0.741. The molecule has 6 nitrogen and oxygen atoms in total. The molecular weight excluding hydrogens is 384 g/mol. The maximum absolute atomic E-state index is 12.3. The van der Waals surface area contributed by atoms with Crippen molar-refractivity contribution in [2.45, 2.75) is 13.2 Å². The highest BCUT2D eigenvalue weighted by molar-refractivity contribution is 6.31. The topological polar surface area (TPSA) is 73.9 Å². The molecule has 0 fully saturated rings. The molecule has 0 atom stereocenters. The van der Waals surface area contributed by atoms with Gasteiger partial charge in [-0.15, -0.1) is 0 Å². The monoisotopic (exact) mass is 399 g/mol. The largest absolute Gasteiger partial charge is 0.493 e. The van der Waals surface area contributed by atoms with Gasteiger partial charge in [0.05, 0.1) is 12.7 Å². The van der Waals surface area contributed by atoms with Crippen LogP contribution in [0.25, 0.3) is 0 Å². The van der Waals surface area contributed by atoms with Gasteiger partial charge in [-0.05, 0) is 29.8 Å². The normalized spacial score (nSPS) is 10.4. The van der Waals surface area contributed by atoms with Crippen molar-refractivity contribution in [1.82, 2.24) is 5.32 Å². The van der Waals surface area contributed by atoms with E-state index in [1.54, 1.807) is 24.3 Å². The van der Waals surface area contributed by atoms with Gasteiger partial charge >= 0.3 is 12.6 Å². The lowest BCUT2D eigenvalue weighted by molar-refractivity contribution is -0.124. The standard InChI is InChI=1S/C18H16ClF2NO5/c1-25-15-8-11(6-7-14(15)27-18(20)21)17(24)26-10-16(23)22-9-12-4-2-3-5-13(12)19/h2-8,18H,9-10H2,1H3,(H,22,23). The Bertz CT molecular complexity index is 816. The zero-order valence-electron chi connectivity index (χ0n) is 14.2. The molecule has 2 aromatic carbocycles. The van der Waals surface area contributed by atoms with E-state index in [0.717, 1.165) is 11.6 Å². The van der Waals surface area contributed by atoms with Crippen LogP contribution in [0.2, 0.25) is 5.02 Å². The quantitative estimate of drug-likeness (QED) is 0.688. The van der Waals surface area contributed by atoms with E-state index in [1.807, 2.05) is 0 Å². The first kappa shape index (κ1) is 20.4. The Kier molecular flexibility index (Phi) is 7.36. The number of esters is 1. The third-order valence-electron chi connectivity index (χ3n) is 3.38. The highest BCUT2D eigenvalue weighted by Gasteiger charge is 2.16. The Balaban J connectivity index is 1.89. The SMILES string of the molecule is COc1cc(C(=O)OCC(=O)NCc2ccccc2Cl)ccc1OC(F)F. The first-order valence-electron chi connectivity index (χ1n) is 7.70. The number of ether oxygens (including phenoxy) is 3. The summed E-state index contributed by atoms with van der Waals surface area (Å²) in [7, 11) is 1.24. The molecule has 0 radical (unpaired) electrons. The second-order valence-electron chi connectivity index (χ2n) is 5.19. The van der Waals surface area contributed by atoms with Crippen LogP contribution >= 0.6 is 11.6 Å². The fraction of sp³-hybridized carbons (Fsp3) is 0.222. The molecule has 0 aliphatic rings. The number of benzene rings is 2.